The second kappa shape index (κ2) is 5.36. The lowest BCUT2D eigenvalue weighted by Gasteiger charge is -2.39. The highest BCUT2D eigenvalue weighted by Gasteiger charge is 2.73. The Balaban J connectivity index is 2.98. The van der Waals surface area contributed by atoms with Crippen LogP contribution in [0.25, 0.3) is 0 Å². The second-order valence-corrected chi connectivity index (χ2v) is 4.92. The lowest BCUT2D eigenvalue weighted by Crippen LogP contribution is -2.55. The molecule has 0 atom stereocenters. The molecule has 0 fully saturated rings. The summed E-state index contributed by atoms with van der Waals surface area (Å²) in [7, 11) is 0. The van der Waals surface area contributed by atoms with Gasteiger partial charge in [-0.05, 0) is 11.6 Å². The van der Waals surface area contributed by atoms with Crippen molar-refractivity contribution in [2.45, 2.75) is 17.8 Å². The Hall–Kier alpha value is -2.38. The Labute approximate surface area is 127 Å². The van der Waals surface area contributed by atoms with Crippen LogP contribution >= 0.6 is 0 Å². The fraction of sp³-hybridized carbons (Fsp3) is 0.200. The van der Waals surface area contributed by atoms with Gasteiger partial charge in [-0.1, -0.05) is 42.5 Å². The lowest BCUT2D eigenvalue weighted by molar-refractivity contribution is -0.288. The average Bonchev–Trinajstić information content (AvgIpc) is 2.42. The Morgan fingerprint density at radius 3 is 1.65 bits per heavy atom. The molecule has 2 aromatic rings. The molecule has 0 saturated carbocycles. The van der Waals surface area contributed by atoms with E-state index in [2.05, 4.69) is 0 Å². The van der Waals surface area contributed by atoms with Gasteiger partial charge >= 0.3 is 12.4 Å². The van der Waals surface area contributed by atoms with Crippen LogP contribution in [0, 0.1) is 0 Å². The summed E-state index contributed by atoms with van der Waals surface area (Å²) in [5.74, 6) is 0. The van der Waals surface area contributed by atoms with Crippen molar-refractivity contribution in [3.63, 3.8) is 0 Å². The Morgan fingerprint density at radius 1 is 0.652 bits per heavy atom. The molecule has 0 aliphatic rings. The number of anilines is 2. The number of hydrogen-bond acceptors (Lipinski definition) is 2. The zero-order valence-corrected chi connectivity index (χ0v) is 11.5. The van der Waals surface area contributed by atoms with Crippen molar-refractivity contribution in [1.29, 1.82) is 0 Å². The van der Waals surface area contributed by atoms with Gasteiger partial charge in [0.1, 0.15) is 0 Å². The summed E-state index contributed by atoms with van der Waals surface area (Å²) in [6, 6.07) is 7.91. The van der Waals surface area contributed by atoms with E-state index in [0.717, 1.165) is 36.4 Å². The maximum Gasteiger partial charge on any atom is 0.411 e. The molecule has 0 unspecified atom stereocenters. The van der Waals surface area contributed by atoms with Gasteiger partial charge in [0, 0.05) is 5.56 Å². The quantitative estimate of drug-likeness (QED) is 0.637. The molecule has 124 valence electrons. The first kappa shape index (κ1) is 17.0. The summed E-state index contributed by atoms with van der Waals surface area (Å²) in [6.07, 6.45) is -11.3. The Bertz CT molecular complexity index is 677. The van der Waals surface area contributed by atoms with Crippen LogP contribution in [-0.2, 0) is 5.41 Å². The van der Waals surface area contributed by atoms with Gasteiger partial charge in [-0.2, -0.15) is 26.3 Å². The van der Waals surface area contributed by atoms with E-state index in [4.69, 9.17) is 11.5 Å². The summed E-state index contributed by atoms with van der Waals surface area (Å²) < 4.78 is 82.4. The number of nitrogen functional groups attached to an aromatic ring is 2. The predicted molar refractivity (Wildman–Crippen MR) is 74.6 cm³/mol. The van der Waals surface area contributed by atoms with Crippen molar-refractivity contribution in [3.8, 4) is 0 Å². The number of para-hydroxylation sites is 1. The van der Waals surface area contributed by atoms with E-state index in [1.165, 1.54) is 6.07 Å². The van der Waals surface area contributed by atoms with Crippen molar-refractivity contribution in [2.75, 3.05) is 11.5 Å². The number of alkyl halides is 6. The standard InChI is InChI=1S/C15H12F6N2/c16-14(17,18)13(15(19,20)21,9-5-2-1-3-6-9)10-7-4-8-11(22)12(10)23/h1-8H,22-23H2. The SMILES string of the molecule is Nc1cccc(C(c2ccccc2)(C(F)(F)F)C(F)(F)F)c1N. The average molecular weight is 334 g/mol. The monoisotopic (exact) mass is 334 g/mol. The van der Waals surface area contributed by atoms with Gasteiger partial charge in [0.05, 0.1) is 11.4 Å². The van der Waals surface area contributed by atoms with Gasteiger partial charge in [-0.15, -0.1) is 0 Å². The lowest BCUT2D eigenvalue weighted by atomic mass is 9.72. The van der Waals surface area contributed by atoms with E-state index in [-0.39, 0.29) is 5.69 Å². The van der Waals surface area contributed by atoms with Crippen molar-refractivity contribution < 1.29 is 26.3 Å². The molecule has 0 bridgehead atoms. The van der Waals surface area contributed by atoms with E-state index in [9.17, 15) is 26.3 Å². The fourth-order valence-corrected chi connectivity index (χ4v) is 2.55. The third kappa shape index (κ3) is 2.47. The zero-order chi connectivity index (χ0) is 17.5. The molecule has 0 aliphatic heterocycles. The first-order valence-corrected chi connectivity index (χ1v) is 6.37. The van der Waals surface area contributed by atoms with Crippen LogP contribution in [0.1, 0.15) is 11.1 Å². The molecule has 2 aromatic carbocycles. The minimum atomic E-state index is -5.67. The molecule has 8 heteroatoms. The third-order valence-electron chi connectivity index (χ3n) is 3.60. The van der Waals surface area contributed by atoms with Crippen molar-refractivity contribution in [1.82, 2.24) is 0 Å². The highest BCUT2D eigenvalue weighted by molar-refractivity contribution is 5.71. The molecule has 0 aromatic heterocycles. The minimum absolute atomic E-state index is 0.351. The first-order chi connectivity index (χ1) is 10.5. The van der Waals surface area contributed by atoms with Crippen LogP contribution in [0.15, 0.2) is 48.5 Å². The predicted octanol–water partition coefficient (Wildman–Crippen LogP) is 4.26. The van der Waals surface area contributed by atoms with E-state index >= 15 is 0 Å². The topological polar surface area (TPSA) is 52.0 Å². The summed E-state index contributed by atoms with van der Waals surface area (Å²) in [5, 5.41) is 0. The van der Waals surface area contributed by atoms with Crippen LogP contribution < -0.4 is 11.5 Å². The number of benzene rings is 2. The van der Waals surface area contributed by atoms with Gasteiger partial charge in [0.25, 0.3) is 0 Å². The molecule has 0 saturated heterocycles. The molecule has 0 radical (unpaired) electrons. The van der Waals surface area contributed by atoms with E-state index in [0.29, 0.717) is 6.07 Å². The largest absolute Gasteiger partial charge is 0.411 e. The maximum absolute atomic E-state index is 13.7. The molecular formula is C15H12F6N2. The van der Waals surface area contributed by atoms with Crippen LogP contribution in [0.5, 0.6) is 0 Å². The summed E-state index contributed by atoms with van der Waals surface area (Å²) in [5.41, 5.74) is 3.43. The third-order valence-corrected chi connectivity index (χ3v) is 3.60. The van der Waals surface area contributed by atoms with Crippen LogP contribution in [0.3, 0.4) is 0 Å². The van der Waals surface area contributed by atoms with Gasteiger partial charge in [0.2, 0.25) is 5.41 Å². The molecule has 0 spiro atoms. The summed E-state index contributed by atoms with van der Waals surface area (Å²) in [4.78, 5) is 0. The van der Waals surface area contributed by atoms with Crippen molar-refractivity contribution >= 4 is 11.4 Å². The molecule has 23 heavy (non-hydrogen) atoms. The van der Waals surface area contributed by atoms with Crippen LogP contribution in [0.2, 0.25) is 0 Å². The zero-order valence-electron chi connectivity index (χ0n) is 11.5. The number of halogens is 6. The Morgan fingerprint density at radius 2 is 1.17 bits per heavy atom. The molecule has 4 N–H and O–H groups in total. The van der Waals surface area contributed by atoms with E-state index in [1.807, 2.05) is 0 Å². The van der Waals surface area contributed by atoms with Gasteiger partial charge in [-0.25, -0.2) is 0 Å². The van der Waals surface area contributed by atoms with Gasteiger partial charge < -0.3 is 11.5 Å². The molecule has 2 nitrogen and oxygen atoms in total. The number of nitrogens with two attached hydrogens (primary N) is 2. The smallest absolute Gasteiger partial charge is 0.397 e. The molecule has 0 amide bonds. The van der Waals surface area contributed by atoms with E-state index < -0.39 is 34.6 Å². The second-order valence-electron chi connectivity index (χ2n) is 4.92. The minimum Gasteiger partial charge on any atom is -0.397 e. The highest BCUT2D eigenvalue weighted by Crippen LogP contribution is 2.57. The number of rotatable bonds is 2. The van der Waals surface area contributed by atoms with Crippen molar-refractivity contribution in [2.24, 2.45) is 0 Å². The summed E-state index contributed by atoms with van der Waals surface area (Å²) in [6.45, 7) is 0. The summed E-state index contributed by atoms with van der Waals surface area (Å²) >= 11 is 0. The normalized spacial score (nSPS) is 13.1. The molecule has 2 rings (SSSR count). The van der Waals surface area contributed by atoms with Gasteiger partial charge in [0.15, 0.2) is 0 Å². The highest BCUT2D eigenvalue weighted by atomic mass is 19.4. The molecule has 0 aliphatic carbocycles. The fourth-order valence-electron chi connectivity index (χ4n) is 2.55. The van der Waals surface area contributed by atoms with Gasteiger partial charge in [-0.3, -0.25) is 0 Å². The first-order valence-electron chi connectivity index (χ1n) is 6.37. The maximum atomic E-state index is 13.7. The molecular weight excluding hydrogens is 322 g/mol. The Kier molecular flexibility index (Phi) is 3.96. The molecule has 0 heterocycles. The van der Waals surface area contributed by atoms with Crippen molar-refractivity contribution in [3.05, 3.63) is 59.7 Å². The van der Waals surface area contributed by atoms with Crippen LogP contribution in [0.4, 0.5) is 37.7 Å². The van der Waals surface area contributed by atoms with E-state index in [1.54, 1.807) is 0 Å². The van der Waals surface area contributed by atoms with Crippen LogP contribution in [-0.4, -0.2) is 12.4 Å². The number of hydrogen-bond donors (Lipinski definition) is 2.